The molecule has 1 heterocycles. The number of hydrogen-bond donors (Lipinski definition) is 0. The minimum atomic E-state index is -0.495. The Labute approximate surface area is 172 Å². The lowest BCUT2D eigenvalue weighted by Crippen LogP contribution is -2.47. The fourth-order valence-electron chi connectivity index (χ4n) is 4.78. The highest BCUT2D eigenvalue weighted by atomic mass is 32.2. The highest BCUT2D eigenvalue weighted by Gasteiger charge is 2.48. The maximum absolute atomic E-state index is 5.91. The predicted octanol–water partition coefficient (Wildman–Crippen LogP) is 6.89. The van der Waals surface area contributed by atoms with E-state index in [1.54, 1.807) is 26.0 Å². The third-order valence-electron chi connectivity index (χ3n) is 6.13. The van der Waals surface area contributed by atoms with E-state index in [0.717, 1.165) is 19.3 Å². The van der Waals surface area contributed by atoms with E-state index in [-0.39, 0.29) is 5.92 Å². The molecule has 2 aromatic carbocycles. The van der Waals surface area contributed by atoms with Crippen molar-refractivity contribution in [2.45, 2.75) is 37.4 Å². The fraction of sp³-hybridized carbons (Fsp3) is 0.360. The van der Waals surface area contributed by atoms with Gasteiger partial charge in [0.1, 0.15) is 0 Å². The first kappa shape index (κ1) is 19.5. The van der Waals surface area contributed by atoms with Crippen LogP contribution in [-0.4, -0.2) is 20.0 Å². The Bertz CT molecular complexity index is 888. The van der Waals surface area contributed by atoms with Crippen molar-refractivity contribution in [3.63, 3.8) is 0 Å². The second kappa shape index (κ2) is 8.69. The van der Waals surface area contributed by atoms with Gasteiger partial charge in [-0.25, -0.2) is 0 Å². The molecule has 146 valence electrons. The topological polar surface area (TPSA) is 18.5 Å². The molecular weight excluding hydrogens is 364 g/mol. The summed E-state index contributed by atoms with van der Waals surface area (Å²) in [5, 5.41) is 6.81. The number of methoxy groups -OCH3 is 2. The van der Waals surface area contributed by atoms with E-state index in [1.807, 2.05) is 0 Å². The van der Waals surface area contributed by atoms with Gasteiger partial charge in [-0.1, -0.05) is 60.7 Å². The molecule has 1 aliphatic heterocycles. The summed E-state index contributed by atoms with van der Waals surface area (Å²) in [6, 6.07) is 13.1. The Hall–Kier alpha value is -1.81. The van der Waals surface area contributed by atoms with Gasteiger partial charge in [0.15, 0.2) is 5.79 Å². The molecule has 0 N–H and O–H groups in total. The van der Waals surface area contributed by atoms with E-state index < -0.39 is 5.79 Å². The van der Waals surface area contributed by atoms with Crippen LogP contribution in [0.5, 0.6) is 0 Å². The van der Waals surface area contributed by atoms with Crippen LogP contribution in [-0.2, 0) is 9.47 Å². The molecule has 0 aromatic heterocycles. The number of allylic oxidation sites excluding steroid dienone is 3. The maximum atomic E-state index is 5.91. The first-order chi connectivity index (χ1) is 13.8. The van der Waals surface area contributed by atoms with E-state index in [2.05, 4.69) is 71.5 Å². The van der Waals surface area contributed by atoms with Crippen molar-refractivity contribution in [3.05, 3.63) is 76.6 Å². The Balaban J connectivity index is 0.000000275. The van der Waals surface area contributed by atoms with Crippen LogP contribution < -0.4 is 0 Å². The molecule has 28 heavy (non-hydrogen) atoms. The maximum Gasteiger partial charge on any atom is 0.174 e. The highest BCUT2D eigenvalue weighted by Crippen LogP contribution is 2.51. The first-order valence-electron chi connectivity index (χ1n) is 10.0. The minimum Gasteiger partial charge on any atom is -0.353 e. The number of rotatable bonds is 2. The summed E-state index contributed by atoms with van der Waals surface area (Å²) in [6.07, 6.45) is 13.4. The molecule has 2 nitrogen and oxygen atoms in total. The van der Waals surface area contributed by atoms with Crippen LogP contribution in [0.4, 0.5) is 0 Å². The molecule has 3 heteroatoms. The molecule has 3 aliphatic rings. The lowest BCUT2D eigenvalue weighted by Gasteiger charge is -2.47. The molecule has 5 rings (SSSR count). The summed E-state index contributed by atoms with van der Waals surface area (Å²) in [5.41, 5.74) is 2.70. The Morgan fingerprint density at radius 2 is 1.79 bits per heavy atom. The van der Waals surface area contributed by atoms with Crippen molar-refractivity contribution in [3.8, 4) is 0 Å². The van der Waals surface area contributed by atoms with E-state index >= 15 is 0 Å². The van der Waals surface area contributed by atoms with Crippen LogP contribution >= 0.6 is 11.8 Å². The zero-order chi connectivity index (χ0) is 19.4. The summed E-state index contributed by atoms with van der Waals surface area (Å²) < 4.78 is 11.8. The number of benzene rings is 2. The molecule has 2 aliphatic carbocycles. The van der Waals surface area contributed by atoms with Gasteiger partial charge in [0.05, 0.1) is 0 Å². The van der Waals surface area contributed by atoms with E-state index in [1.165, 1.54) is 28.3 Å². The van der Waals surface area contributed by atoms with Gasteiger partial charge in [0.25, 0.3) is 0 Å². The first-order valence-corrected chi connectivity index (χ1v) is 11.0. The van der Waals surface area contributed by atoms with Gasteiger partial charge in [-0.3, -0.25) is 0 Å². The fourth-order valence-corrected chi connectivity index (χ4v) is 5.32. The summed E-state index contributed by atoms with van der Waals surface area (Å²) in [7, 11) is 3.57. The highest BCUT2D eigenvalue weighted by molar-refractivity contribution is 8.04. The standard InChI is InChI=1S/C20H22O2.C5H6S/c1-21-20(22-2)13-5-7-15-10-11-17-16-8-4-3-6-14(16)9-12-18(17)19(15)20;1-2-4-6-5-3-1/h3-4,6,8-12,15,19H,5,7,13H2,1-2H3;2-5H,1H2. The number of thioether (sulfide) groups is 1. The molecule has 0 saturated heterocycles. The van der Waals surface area contributed by atoms with Crippen LogP contribution in [0.15, 0.2) is 65.4 Å². The molecular formula is C25H28O2S. The number of hydrogen-bond acceptors (Lipinski definition) is 3. The SMILES string of the molecule is C1=CSC=CC1.COC1(OC)CCCC2C=Cc3c(ccc4ccccc34)C21. The zero-order valence-corrected chi connectivity index (χ0v) is 17.5. The van der Waals surface area contributed by atoms with Crippen molar-refractivity contribution in [1.82, 2.24) is 0 Å². The van der Waals surface area contributed by atoms with E-state index in [4.69, 9.17) is 9.47 Å². The smallest absolute Gasteiger partial charge is 0.174 e. The second-order valence-electron chi connectivity index (χ2n) is 7.52. The van der Waals surface area contributed by atoms with Gasteiger partial charge >= 0.3 is 0 Å². The summed E-state index contributed by atoms with van der Waals surface area (Å²) in [6.45, 7) is 0. The van der Waals surface area contributed by atoms with Crippen LogP contribution in [0.2, 0.25) is 0 Å². The average Bonchev–Trinajstić information content (AvgIpc) is 2.79. The summed E-state index contributed by atoms with van der Waals surface area (Å²) >= 11 is 1.73. The Morgan fingerprint density at radius 1 is 1.00 bits per heavy atom. The molecule has 2 atom stereocenters. The van der Waals surface area contributed by atoms with Gasteiger partial charge in [-0.15, -0.1) is 11.8 Å². The number of fused-ring (bicyclic) bond motifs is 5. The van der Waals surface area contributed by atoms with Gasteiger partial charge in [-0.2, -0.15) is 0 Å². The summed E-state index contributed by atoms with van der Waals surface area (Å²) in [4.78, 5) is 0. The third kappa shape index (κ3) is 3.59. The molecule has 0 radical (unpaired) electrons. The zero-order valence-electron chi connectivity index (χ0n) is 16.6. The monoisotopic (exact) mass is 392 g/mol. The van der Waals surface area contributed by atoms with Crippen LogP contribution in [0.3, 0.4) is 0 Å². The Kier molecular flexibility index (Phi) is 6.05. The lowest BCUT2D eigenvalue weighted by atomic mass is 9.67. The molecule has 1 fully saturated rings. The largest absolute Gasteiger partial charge is 0.353 e. The van der Waals surface area contributed by atoms with Gasteiger partial charge in [0, 0.05) is 26.6 Å². The van der Waals surface area contributed by atoms with Crippen LogP contribution in [0.25, 0.3) is 16.8 Å². The molecule has 0 bridgehead atoms. The van der Waals surface area contributed by atoms with E-state index in [9.17, 15) is 0 Å². The number of ether oxygens (including phenoxy) is 2. The lowest BCUT2D eigenvalue weighted by molar-refractivity contribution is -0.241. The minimum absolute atomic E-state index is 0.279. The predicted molar refractivity (Wildman–Crippen MR) is 120 cm³/mol. The third-order valence-corrected chi connectivity index (χ3v) is 6.83. The van der Waals surface area contributed by atoms with Crippen LogP contribution in [0, 0.1) is 5.92 Å². The normalized spacial score (nSPS) is 24.2. The molecule has 2 unspecified atom stereocenters. The molecule has 0 spiro atoms. The molecule has 1 saturated carbocycles. The van der Waals surface area contributed by atoms with Gasteiger partial charge in [0.2, 0.25) is 0 Å². The quantitative estimate of drug-likeness (QED) is 0.518. The average molecular weight is 393 g/mol. The molecule has 0 amide bonds. The van der Waals surface area contributed by atoms with Crippen molar-refractivity contribution in [2.75, 3.05) is 14.2 Å². The van der Waals surface area contributed by atoms with Crippen LogP contribution in [0.1, 0.15) is 42.7 Å². The van der Waals surface area contributed by atoms with Crippen molar-refractivity contribution in [1.29, 1.82) is 0 Å². The Morgan fingerprint density at radius 3 is 2.46 bits per heavy atom. The van der Waals surface area contributed by atoms with Crippen molar-refractivity contribution in [2.24, 2.45) is 5.92 Å². The van der Waals surface area contributed by atoms with Crippen molar-refractivity contribution < 1.29 is 9.47 Å². The summed E-state index contributed by atoms with van der Waals surface area (Å²) in [5.74, 6) is 0.286. The molecule has 2 aromatic rings. The van der Waals surface area contributed by atoms with E-state index in [0.29, 0.717) is 5.92 Å². The van der Waals surface area contributed by atoms with Gasteiger partial charge in [-0.05, 0) is 57.9 Å². The second-order valence-corrected chi connectivity index (χ2v) is 8.33. The van der Waals surface area contributed by atoms with Gasteiger partial charge < -0.3 is 9.47 Å². The van der Waals surface area contributed by atoms with Crippen molar-refractivity contribution >= 4 is 28.6 Å².